The molecule has 0 unspecified atom stereocenters. The van der Waals surface area contributed by atoms with Gasteiger partial charge < -0.3 is 9.47 Å². The molecule has 1 saturated heterocycles. The minimum Gasteiger partial charge on any atom is -0.493 e. The van der Waals surface area contributed by atoms with Crippen molar-refractivity contribution < 1.29 is 19.1 Å². The number of rotatable bonds is 7. The Labute approximate surface area is 145 Å². The molecular formula is C17H18N2O4S. The van der Waals surface area contributed by atoms with Gasteiger partial charge in [0.2, 0.25) is 0 Å². The molecule has 1 N–H and O–H groups in total. The molecule has 0 spiro atoms. The van der Waals surface area contributed by atoms with Gasteiger partial charge >= 0.3 is 0 Å². The van der Waals surface area contributed by atoms with Crippen LogP contribution in [-0.2, 0) is 9.59 Å². The lowest BCUT2D eigenvalue weighted by Gasteiger charge is -2.27. The Balaban J connectivity index is 2.00. The maximum atomic E-state index is 12.3. The molecule has 1 heterocycles. The Kier molecular flexibility index (Phi) is 6.08. The topological polar surface area (TPSA) is 67.9 Å². The molecule has 0 radical (unpaired) electrons. The minimum atomic E-state index is -0.498. The predicted molar refractivity (Wildman–Crippen MR) is 93.8 cm³/mol. The zero-order valence-electron chi connectivity index (χ0n) is 13.3. The van der Waals surface area contributed by atoms with Gasteiger partial charge in [-0.15, -0.1) is 6.58 Å². The first-order valence-electron chi connectivity index (χ1n) is 7.32. The van der Waals surface area contributed by atoms with Crippen LogP contribution in [0.25, 0.3) is 0 Å². The van der Waals surface area contributed by atoms with E-state index >= 15 is 0 Å². The molecule has 0 aliphatic carbocycles. The highest BCUT2D eigenvalue weighted by Crippen LogP contribution is 2.25. The van der Waals surface area contributed by atoms with Crippen LogP contribution in [0, 0.1) is 0 Å². The molecule has 24 heavy (non-hydrogen) atoms. The number of para-hydroxylation sites is 2. The number of amides is 2. The molecule has 2 amide bonds. The number of nitrogens with one attached hydrogen (secondary N) is 1. The molecule has 7 heteroatoms. The summed E-state index contributed by atoms with van der Waals surface area (Å²) >= 11 is 4.99. The highest BCUT2D eigenvalue weighted by Gasteiger charge is 2.32. The average molecular weight is 346 g/mol. The van der Waals surface area contributed by atoms with Crippen LogP contribution in [0.2, 0.25) is 0 Å². The SMILES string of the molecule is C=CCN1C(=O)/C(=C/CCOc2ccccc2OC)C(=O)NC1=S. The van der Waals surface area contributed by atoms with Crippen molar-refractivity contribution >= 4 is 29.1 Å². The van der Waals surface area contributed by atoms with E-state index in [1.807, 2.05) is 12.1 Å². The Morgan fingerprint density at radius 2 is 2.00 bits per heavy atom. The van der Waals surface area contributed by atoms with Gasteiger partial charge in [-0.2, -0.15) is 0 Å². The number of methoxy groups -OCH3 is 1. The second kappa shape index (κ2) is 8.26. The predicted octanol–water partition coefficient (Wildman–Crippen LogP) is 1.82. The summed E-state index contributed by atoms with van der Waals surface area (Å²) in [6, 6.07) is 7.26. The third kappa shape index (κ3) is 3.99. The summed E-state index contributed by atoms with van der Waals surface area (Å²) in [5.41, 5.74) is 0.0501. The van der Waals surface area contributed by atoms with E-state index in [2.05, 4.69) is 11.9 Å². The van der Waals surface area contributed by atoms with Crippen molar-refractivity contribution in [3.05, 3.63) is 48.6 Å². The van der Waals surface area contributed by atoms with Crippen molar-refractivity contribution in [1.29, 1.82) is 0 Å². The zero-order valence-corrected chi connectivity index (χ0v) is 14.1. The van der Waals surface area contributed by atoms with E-state index in [4.69, 9.17) is 21.7 Å². The number of carbonyl (C=O) groups is 2. The molecule has 0 atom stereocenters. The number of nitrogens with zero attached hydrogens (tertiary/aromatic N) is 1. The molecule has 1 aliphatic rings. The monoisotopic (exact) mass is 346 g/mol. The van der Waals surface area contributed by atoms with Crippen molar-refractivity contribution in [2.75, 3.05) is 20.3 Å². The molecule has 1 fully saturated rings. The van der Waals surface area contributed by atoms with Gasteiger partial charge in [-0.3, -0.25) is 19.8 Å². The standard InChI is InChI=1S/C17H18N2O4S/c1-3-10-19-16(21)12(15(20)18-17(19)24)7-6-11-23-14-9-5-4-8-13(14)22-2/h3-5,7-9H,1,6,10-11H2,2H3,(H,18,20,24)/b12-7+. The van der Waals surface area contributed by atoms with Crippen LogP contribution in [0.3, 0.4) is 0 Å². The lowest BCUT2D eigenvalue weighted by molar-refractivity contribution is -0.128. The van der Waals surface area contributed by atoms with Crippen LogP contribution in [0.4, 0.5) is 0 Å². The molecular weight excluding hydrogens is 328 g/mol. The van der Waals surface area contributed by atoms with Gasteiger partial charge in [0, 0.05) is 13.0 Å². The van der Waals surface area contributed by atoms with Crippen LogP contribution < -0.4 is 14.8 Å². The van der Waals surface area contributed by atoms with E-state index < -0.39 is 11.8 Å². The highest BCUT2D eigenvalue weighted by molar-refractivity contribution is 7.80. The summed E-state index contributed by atoms with van der Waals surface area (Å²) in [4.78, 5) is 25.5. The number of hydrogen-bond acceptors (Lipinski definition) is 5. The fourth-order valence-electron chi connectivity index (χ4n) is 2.15. The Hall–Kier alpha value is -2.67. The number of benzene rings is 1. The summed E-state index contributed by atoms with van der Waals surface area (Å²) in [6.45, 7) is 4.12. The second-order valence-electron chi connectivity index (χ2n) is 4.87. The van der Waals surface area contributed by atoms with Crippen LogP contribution in [0.15, 0.2) is 48.6 Å². The molecule has 6 nitrogen and oxygen atoms in total. The third-order valence-electron chi connectivity index (χ3n) is 3.29. The summed E-state index contributed by atoms with van der Waals surface area (Å²) in [7, 11) is 1.56. The van der Waals surface area contributed by atoms with Crippen molar-refractivity contribution in [2.45, 2.75) is 6.42 Å². The first-order chi connectivity index (χ1) is 11.6. The molecule has 1 aromatic rings. The van der Waals surface area contributed by atoms with Crippen LogP contribution in [0.1, 0.15) is 6.42 Å². The first-order valence-corrected chi connectivity index (χ1v) is 7.73. The van der Waals surface area contributed by atoms with Crippen LogP contribution in [0.5, 0.6) is 11.5 Å². The molecule has 0 saturated carbocycles. The Morgan fingerprint density at radius 1 is 1.29 bits per heavy atom. The van der Waals surface area contributed by atoms with Gasteiger partial charge in [-0.1, -0.05) is 24.3 Å². The van der Waals surface area contributed by atoms with E-state index in [1.54, 1.807) is 31.4 Å². The van der Waals surface area contributed by atoms with Crippen molar-refractivity contribution in [3.63, 3.8) is 0 Å². The minimum absolute atomic E-state index is 0.0501. The summed E-state index contributed by atoms with van der Waals surface area (Å²) < 4.78 is 10.8. The molecule has 0 aromatic heterocycles. The van der Waals surface area contributed by atoms with E-state index in [0.717, 1.165) is 0 Å². The second-order valence-corrected chi connectivity index (χ2v) is 5.26. The Bertz CT molecular complexity index is 700. The van der Waals surface area contributed by atoms with Gasteiger partial charge in [0.1, 0.15) is 5.57 Å². The van der Waals surface area contributed by atoms with Gasteiger partial charge in [-0.05, 0) is 24.4 Å². The average Bonchev–Trinajstić information content (AvgIpc) is 2.58. The number of ether oxygens (including phenoxy) is 2. The zero-order chi connectivity index (χ0) is 17.5. The maximum Gasteiger partial charge on any atom is 0.265 e. The molecule has 0 bridgehead atoms. The van der Waals surface area contributed by atoms with Crippen molar-refractivity contribution in [3.8, 4) is 11.5 Å². The number of thiocarbonyl (C=S) groups is 1. The van der Waals surface area contributed by atoms with E-state index in [9.17, 15) is 9.59 Å². The quantitative estimate of drug-likeness (QED) is 0.268. The lowest BCUT2D eigenvalue weighted by atomic mass is 10.1. The fourth-order valence-corrected chi connectivity index (χ4v) is 2.40. The molecule has 1 aromatic carbocycles. The largest absolute Gasteiger partial charge is 0.493 e. The van der Waals surface area contributed by atoms with Gasteiger partial charge in [0.05, 0.1) is 13.7 Å². The number of hydrogen-bond donors (Lipinski definition) is 1. The fraction of sp³-hybridized carbons (Fsp3) is 0.235. The van der Waals surface area contributed by atoms with Crippen LogP contribution in [-0.4, -0.2) is 42.1 Å². The first kappa shape index (κ1) is 17.7. The van der Waals surface area contributed by atoms with Gasteiger partial charge in [0.15, 0.2) is 16.6 Å². The maximum absolute atomic E-state index is 12.3. The Morgan fingerprint density at radius 3 is 2.67 bits per heavy atom. The summed E-state index contributed by atoms with van der Waals surface area (Å²) in [6.07, 6.45) is 3.48. The molecule has 2 rings (SSSR count). The number of carbonyl (C=O) groups excluding carboxylic acids is 2. The van der Waals surface area contributed by atoms with Gasteiger partial charge in [-0.25, -0.2) is 0 Å². The smallest absolute Gasteiger partial charge is 0.265 e. The van der Waals surface area contributed by atoms with E-state index in [0.29, 0.717) is 24.5 Å². The summed E-state index contributed by atoms with van der Waals surface area (Å²) in [5.74, 6) is 0.301. The van der Waals surface area contributed by atoms with Gasteiger partial charge in [0.25, 0.3) is 11.8 Å². The summed E-state index contributed by atoms with van der Waals surface area (Å²) in [5, 5.41) is 2.58. The third-order valence-corrected chi connectivity index (χ3v) is 3.61. The molecule has 1 aliphatic heterocycles. The van der Waals surface area contributed by atoms with Crippen LogP contribution >= 0.6 is 12.2 Å². The van der Waals surface area contributed by atoms with E-state index in [-0.39, 0.29) is 17.2 Å². The highest BCUT2D eigenvalue weighted by atomic mass is 32.1. The normalized spacial score (nSPS) is 16.1. The van der Waals surface area contributed by atoms with E-state index in [1.165, 1.54) is 4.90 Å². The lowest BCUT2D eigenvalue weighted by Crippen LogP contribution is -2.53. The van der Waals surface area contributed by atoms with Crippen molar-refractivity contribution in [2.24, 2.45) is 0 Å². The molecule has 126 valence electrons. The van der Waals surface area contributed by atoms with Crippen molar-refractivity contribution in [1.82, 2.24) is 10.2 Å².